The lowest BCUT2D eigenvalue weighted by Crippen LogP contribution is -2.45. The fourth-order valence-corrected chi connectivity index (χ4v) is 2.68. The van der Waals surface area contributed by atoms with Crippen LogP contribution in [0.5, 0.6) is 0 Å². The molecule has 0 aromatic heterocycles. The fourth-order valence-electron chi connectivity index (χ4n) is 2.29. The summed E-state index contributed by atoms with van der Waals surface area (Å²) in [6, 6.07) is 9.68. The van der Waals surface area contributed by atoms with Gasteiger partial charge in [0.05, 0.1) is 12.5 Å². The average Bonchev–Trinajstić information content (AvgIpc) is 2.50. The summed E-state index contributed by atoms with van der Waals surface area (Å²) in [5.74, 6) is -0.0634. The number of hydrogen-bond donors (Lipinski definition) is 1. The van der Waals surface area contributed by atoms with Gasteiger partial charge in [0.1, 0.15) is 6.04 Å². The number of benzene rings is 1. The van der Waals surface area contributed by atoms with Gasteiger partial charge >= 0.3 is 0 Å². The molecule has 1 aromatic carbocycles. The zero-order valence-electron chi connectivity index (χ0n) is 10.8. The van der Waals surface area contributed by atoms with Crippen molar-refractivity contribution in [2.75, 3.05) is 11.4 Å². The van der Waals surface area contributed by atoms with Crippen molar-refractivity contribution in [3.05, 3.63) is 28.7 Å². The standard InChI is InChI=1S/C14H16BrN3O/c1-10-6-8-18(12-4-2-3-11(15)9-12)13(5-7-16)14(19)17-10/h2-4,9-10,13H,5-6,8H2,1H3,(H,17,19). The summed E-state index contributed by atoms with van der Waals surface area (Å²) in [5.41, 5.74) is 0.971. The largest absolute Gasteiger partial charge is 0.359 e. The van der Waals surface area contributed by atoms with E-state index >= 15 is 0 Å². The maximum atomic E-state index is 12.2. The lowest BCUT2D eigenvalue weighted by molar-refractivity contribution is -0.122. The number of carbonyl (C=O) groups is 1. The summed E-state index contributed by atoms with van der Waals surface area (Å²) in [4.78, 5) is 14.2. The zero-order chi connectivity index (χ0) is 13.8. The van der Waals surface area contributed by atoms with Gasteiger partial charge in [-0.05, 0) is 31.5 Å². The smallest absolute Gasteiger partial charge is 0.243 e. The van der Waals surface area contributed by atoms with E-state index in [0.717, 1.165) is 23.1 Å². The second kappa shape index (κ2) is 6.07. The van der Waals surface area contributed by atoms with Gasteiger partial charge in [-0.1, -0.05) is 22.0 Å². The first-order valence-electron chi connectivity index (χ1n) is 6.31. The summed E-state index contributed by atoms with van der Waals surface area (Å²) in [6.07, 6.45) is 1.07. The van der Waals surface area contributed by atoms with E-state index in [0.29, 0.717) is 0 Å². The van der Waals surface area contributed by atoms with Crippen LogP contribution in [-0.2, 0) is 4.79 Å². The fraction of sp³-hybridized carbons (Fsp3) is 0.429. The summed E-state index contributed by atoms with van der Waals surface area (Å²) in [5, 5.41) is 11.9. The molecule has 1 aliphatic heterocycles. The van der Waals surface area contributed by atoms with Gasteiger partial charge in [-0.2, -0.15) is 5.26 Å². The number of halogens is 1. The van der Waals surface area contributed by atoms with Crippen LogP contribution in [0, 0.1) is 11.3 Å². The molecule has 0 bridgehead atoms. The first kappa shape index (κ1) is 13.9. The Balaban J connectivity index is 2.33. The quantitative estimate of drug-likeness (QED) is 0.910. The molecule has 1 fully saturated rings. The molecule has 1 amide bonds. The minimum absolute atomic E-state index is 0.0634. The number of nitriles is 1. The molecule has 0 aliphatic carbocycles. The molecule has 1 heterocycles. The number of rotatable bonds is 2. The highest BCUT2D eigenvalue weighted by atomic mass is 79.9. The molecule has 19 heavy (non-hydrogen) atoms. The van der Waals surface area contributed by atoms with Gasteiger partial charge in [0.15, 0.2) is 0 Å². The number of anilines is 1. The minimum atomic E-state index is -0.413. The van der Waals surface area contributed by atoms with Gasteiger partial charge in [0.2, 0.25) is 5.91 Å². The van der Waals surface area contributed by atoms with Crippen molar-refractivity contribution in [2.45, 2.75) is 31.8 Å². The third kappa shape index (κ3) is 3.27. The molecule has 0 spiro atoms. The van der Waals surface area contributed by atoms with Crippen LogP contribution in [0.4, 0.5) is 5.69 Å². The Morgan fingerprint density at radius 1 is 1.58 bits per heavy atom. The van der Waals surface area contributed by atoms with Crippen molar-refractivity contribution in [3.63, 3.8) is 0 Å². The van der Waals surface area contributed by atoms with Crippen LogP contribution in [0.1, 0.15) is 19.8 Å². The van der Waals surface area contributed by atoms with Crippen LogP contribution in [0.3, 0.4) is 0 Å². The number of nitrogens with one attached hydrogen (secondary N) is 1. The summed E-state index contributed by atoms with van der Waals surface area (Å²) in [7, 11) is 0. The van der Waals surface area contributed by atoms with Crippen molar-refractivity contribution in [3.8, 4) is 6.07 Å². The highest BCUT2D eigenvalue weighted by molar-refractivity contribution is 9.10. The monoisotopic (exact) mass is 321 g/mol. The van der Waals surface area contributed by atoms with E-state index in [9.17, 15) is 4.79 Å². The lowest BCUT2D eigenvalue weighted by atomic mass is 10.1. The van der Waals surface area contributed by atoms with E-state index in [-0.39, 0.29) is 18.4 Å². The summed E-state index contributed by atoms with van der Waals surface area (Å²) in [6.45, 7) is 2.76. The van der Waals surface area contributed by atoms with E-state index in [4.69, 9.17) is 5.26 Å². The molecule has 5 heteroatoms. The first-order chi connectivity index (χ1) is 9.11. The SMILES string of the molecule is CC1CCN(c2cccc(Br)c2)C(CC#N)C(=O)N1. The Kier molecular flexibility index (Phi) is 4.43. The molecule has 100 valence electrons. The highest BCUT2D eigenvalue weighted by Gasteiger charge is 2.30. The zero-order valence-corrected chi connectivity index (χ0v) is 12.4. The van der Waals surface area contributed by atoms with Crippen molar-refractivity contribution < 1.29 is 4.79 Å². The topological polar surface area (TPSA) is 56.1 Å². The Morgan fingerprint density at radius 2 is 2.37 bits per heavy atom. The molecule has 1 saturated heterocycles. The Labute approximate surface area is 121 Å². The van der Waals surface area contributed by atoms with Crippen LogP contribution in [0.25, 0.3) is 0 Å². The minimum Gasteiger partial charge on any atom is -0.359 e. The highest BCUT2D eigenvalue weighted by Crippen LogP contribution is 2.24. The molecule has 2 unspecified atom stereocenters. The summed E-state index contributed by atoms with van der Waals surface area (Å²) < 4.78 is 0.971. The number of carbonyl (C=O) groups excluding carboxylic acids is 1. The van der Waals surface area contributed by atoms with Crippen molar-refractivity contribution in [1.82, 2.24) is 5.32 Å². The van der Waals surface area contributed by atoms with E-state index in [1.807, 2.05) is 36.1 Å². The Morgan fingerprint density at radius 3 is 3.05 bits per heavy atom. The van der Waals surface area contributed by atoms with Crippen molar-refractivity contribution >= 4 is 27.5 Å². The van der Waals surface area contributed by atoms with E-state index in [1.54, 1.807) is 0 Å². The molecule has 1 aliphatic rings. The predicted molar refractivity (Wildman–Crippen MR) is 77.7 cm³/mol. The third-order valence-electron chi connectivity index (χ3n) is 3.30. The van der Waals surface area contributed by atoms with Gasteiger partial charge in [0, 0.05) is 22.7 Å². The van der Waals surface area contributed by atoms with Gasteiger partial charge < -0.3 is 10.2 Å². The average molecular weight is 322 g/mol. The Bertz CT molecular complexity index is 512. The molecule has 0 saturated carbocycles. The van der Waals surface area contributed by atoms with Crippen molar-refractivity contribution in [1.29, 1.82) is 5.26 Å². The molecule has 0 radical (unpaired) electrons. The second-order valence-electron chi connectivity index (χ2n) is 4.75. The van der Waals surface area contributed by atoms with E-state index in [2.05, 4.69) is 27.3 Å². The van der Waals surface area contributed by atoms with Crippen LogP contribution < -0.4 is 10.2 Å². The predicted octanol–water partition coefficient (Wildman–Crippen LogP) is 2.45. The lowest BCUT2D eigenvalue weighted by Gasteiger charge is -2.29. The van der Waals surface area contributed by atoms with E-state index < -0.39 is 6.04 Å². The molecule has 4 nitrogen and oxygen atoms in total. The van der Waals surface area contributed by atoms with Crippen LogP contribution >= 0.6 is 15.9 Å². The molecular formula is C14H16BrN3O. The van der Waals surface area contributed by atoms with Gasteiger partial charge in [-0.3, -0.25) is 4.79 Å². The molecule has 1 aromatic rings. The van der Waals surface area contributed by atoms with Gasteiger partial charge in [0.25, 0.3) is 0 Å². The van der Waals surface area contributed by atoms with Crippen LogP contribution in [0.15, 0.2) is 28.7 Å². The van der Waals surface area contributed by atoms with E-state index in [1.165, 1.54) is 0 Å². The number of hydrogen-bond acceptors (Lipinski definition) is 3. The molecule has 2 rings (SSSR count). The first-order valence-corrected chi connectivity index (χ1v) is 7.10. The molecule has 2 atom stereocenters. The maximum Gasteiger partial charge on any atom is 0.243 e. The number of amides is 1. The Hall–Kier alpha value is -1.54. The molecule has 1 N–H and O–H groups in total. The van der Waals surface area contributed by atoms with Crippen LogP contribution in [0.2, 0.25) is 0 Å². The maximum absolute atomic E-state index is 12.2. The van der Waals surface area contributed by atoms with Gasteiger partial charge in [-0.15, -0.1) is 0 Å². The molecular weight excluding hydrogens is 306 g/mol. The second-order valence-corrected chi connectivity index (χ2v) is 5.67. The van der Waals surface area contributed by atoms with Crippen molar-refractivity contribution in [2.24, 2.45) is 0 Å². The summed E-state index contributed by atoms with van der Waals surface area (Å²) >= 11 is 3.44. The van der Waals surface area contributed by atoms with Crippen LogP contribution in [-0.4, -0.2) is 24.5 Å². The third-order valence-corrected chi connectivity index (χ3v) is 3.79. The normalized spacial score (nSPS) is 23.4. The van der Waals surface area contributed by atoms with Gasteiger partial charge in [-0.25, -0.2) is 0 Å². The number of nitrogens with zero attached hydrogens (tertiary/aromatic N) is 2.